The zero-order valence-electron chi connectivity index (χ0n) is 13.4. The predicted molar refractivity (Wildman–Crippen MR) is 83.2 cm³/mol. The molecule has 1 aromatic rings. The van der Waals surface area contributed by atoms with Gasteiger partial charge in [0.05, 0.1) is 7.11 Å². The van der Waals surface area contributed by atoms with Crippen LogP contribution in [0.25, 0.3) is 0 Å². The molecule has 0 bridgehead atoms. The van der Waals surface area contributed by atoms with Crippen molar-refractivity contribution < 1.29 is 4.74 Å². The third kappa shape index (κ3) is 7.30. The maximum absolute atomic E-state index is 5.62. The highest BCUT2D eigenvalue weighted by Crippen LogP contribution is 2.23. The minimum absolute atomic E-state index is 0.578. The molecule has 0 aliphatic heterocycles. The number of aryl methyl sites for hydroxylation is 1. The fourth-order valence-electron chi connectivity index (χ4n) is 1.41. The summed E-state index contributed by atoms with van der Waals surface area (Å²) in [6.45, 7) is 12.7. The first-order valence-electron chi connectivity index (χ1n) is 6.61. The van der Waals surface area contributed by atoms with Gasteiger partial charge < -0.3 is 16.2 Å². The Morgan fingerprint density at radius 1 is 1.00 bits per heavy atom. The minimum Gasteiger partial charge on any atom is -0.496 e. The van der Waals surface area contributed by atoms with E-state index in [-0.39, 0.29) is 0 Å². The Hall–Kier alpha value is -1.06. The van der Waals surface area contributed by atoms with Gasteiger partial charge in [0.15, 0.2) is 0 Å². The number of ether oxygens (including phenoxy) is 1. The van der Waals surface area contributed by atoms with Crippen LogP contribution in [0.4, 0.5) is 0 Å². The first-order valence-corrected chi connectivity index (χ1v) is 6.61. The molecule has 0 spiro atoms. The van der Waals surface area contributed by atoms with E-state index in [1.807, 2.05) is 46.8 Å². The van der Waals surface area contributed by atoms with Gasteiger partial charge in [-0.2, -0.15) is 0 Å². The highest BCUT2D eigenvalue weighted by Gasteiger charge is 2.05. The van der Waals surface area contributed by atoms with Crippen LogP contribution in [0, 0.1) is 13.8 Å². The molecule has 0 aliphatic rings. The van der Waals surface area contributed by atoms with Crippen LogP contribution < -0.4 is 16.2 Å². The quantitative estimate of drug-likeness (QED) is 0.852. The Balaban J connectivity index is -0.000000328. The molecule has 0 aromatic heterocycles. The summed E-state index contributed by atoms with van der Waals surface area (Å²) in [4.78, 5) is 0. The van der Waals surface area contributed by atoms with Gasteiger partial charge in [-0.3, -0.25) is 0 Å². The van der Waals surface area contributed by atoms with Crippen molar-refractivity contribution in [3.05, 3.63) is 28.8 Å². The maximum Gasteiger partial charge on any atom is 0.122 e. The number of nitrogens with two attached hydrogens (primary N) is 2. The maximum atomic E-state index is 5.62. The lowest BCUT2D eigenvalue weighted by atomic mass is 10.0. The van der Waals surface area contributed by atoms with Crippen molar-refractivity contribution in [1.82, 2.24) is 0 Å². The second-order valence-electron chi connectivity index (χ2n) is 2.89. The second-order valence-corrected chi connectivity index (χ2v) is 2.89. The van der Waals surface area contributed by atoms with Crippen LogP contribution in [0.3, 0.4) is 0 Å². The fraction of sp³-hybridized carbons (Fsp3) is 0.600. The van der Waals surface area contributed by atoms with Crippen molar-refractivity contribution in [3.8, 4) is 5.75 Å². The number of benzene rings is 1. The van der Waals surface area contributed by atoms with Crippen molar-refractivity contribution in [2.45, 2.75) is 48.1 Å². The standard InChI is InChI=1S/C10H15NO.2C2H6.CH5N/c1-7-4-5-10(12-3)8(2)9(7)6-11;3*1-2/h4-5H,6,11H2,1-3H3;2*1-2H3;2H2,1H3. The number of methoxy groups -OCH3 is 1. The van der Waals surface area contributed by atoms with Crippen molar-refractivity contribution >= 4 is 0 Å². The monoisotopic (exact) mass is 256 g/mol. The Morgan fingerprint density at radius 2 is 1.44 bits per heavy atom. The molecule has 108 valence electrons. The van der Waals surface area contributed by atoms with Crippen molar-refractivity contribution in [2.75, 3.05) is 14.2 Å². The molecule has 0 heterocycles. The van der Waals surface area contributed by atoms with Gasteiger partial charge >= 0.3 is 0 Å². The van der Waals surface area contributed by atoms with Crippen LogP contribution in [-0.4, -0.2) is 14.2 Å². The van der Waals surface area contributed by atoms with Gasteiger partial charge in [0.2, 0.25) is 0 Å². The normalized spacial score (nSPS) is 7.67. The molecule has 0 radical (unpaired) electrons. The van der Waals surface area contributed by atoms with Crippen molar-refractivity contribution in [1.29, 1.82) is 0 Å². The van der Waals surface area contributed by atoms with E-state index in [9.17, 15) is 0 Å². The smallest absolute Gasteiger partial charge is 0.122 e. The SMILES string of the molecule is CC.CC.CN.COc1ccc(C)c(CN)c1C. The molecule has 0 saturated heterocycles. The molecule has 3 heteroatoms. The van der Waals surface area contributed by atoms with Crippen LogP contribution in [0.2, 0.25) is 0 Å². The lowest BCUT2D eigenvalue weighted by Crippen LogP contribution is -2.03. The molecule has 0 unspecified atom stereocenters. The average Bonchev–Trinajstić information content (AvgIpc) is 2.46. The van der Waals surface area contributed by atoms with E-state index in [1.165, 1.54) is 18.2 Å². The summed E-state index contributed by atoms with van der Waals surface area (Å²) < 4.78 is 5.19. The summed E-state index contributed by atoms with van der Waals surface area (Å²) in [6.07, 6.45) is 0. The van der Waals surface area contributed by atoms with Gasteiger partial charge in [-0.25, -0.2) is 0 Å². The highest BCUT2D eigenvalue weighted by molar-refractivity contribution is 5.43. The van der Waals surface area contributed by atoms with Crippen LogP contribution in [-0.2, 0) is 6.54 Å². The van der Waals surface area contributed by atoms with E-state index >= 15 is 0 Å². The summed E-state index contributed by atoms with van der Waals surface area (Å²) in [5, 5.41) is 0. The second kappa shape index (κ2) is 15.9. The van der Waals surface area contributed by atoms with Crippen molar-refractivity contribution in [2.24, 2.45) is 11.5 Å². The van der Waals surface area contributed by atoms with E-state index in [0.717, 1.165) is 11.3 Å². The Morgan fingerprint density at radius 3 is 1.78 bits per heavy atom. The summed E-state index contributed by atoms with van der Waals surface area (Å²) in [6, 6.07) is 4.01. The van der Waals surface area contributed by atoms with Gasteiger partial charge in [-0.05, 0) is 43.7 Å². The molecule has 1 aromatic carbocycles. The Kier molecular flexibility index (Phi) is 19.6. The van der Waals surface area contributed by atoms with E-state index in [4.69, 9.17) is 10.5 Å². The third-order valence-corrected chi connectivity index (χ3v) is 2.21. The van der Waals surface area contributed by atoms with Gasteiger partial charge in [0, 0.05) is 6.54 Å². The highest BCUT2D eigenvalue weighted by atomic mass is 16.5. The molecule has 0 amide bonds. The molecular formula is C15H32N2O. The van der Waals surface area contributed by atoms with Gasteiger partial charge in [-0.1, -0.05) is 33.8 Å². The van der Waals surface area contributed by atoms with Gasteiger partial charge in [0.25, 0.3) is 0 Å². The van der Waals surface area contributed by atoms with Crippen LogP contribution in [0.5, 0.6) is 5.75 Å². The molecule has 0 atom stereocenters. The average molecular weight is 256 g/mol. The summed E-state index contributed by atoms with van der Waals surface area (Å²) in [7, 11) is 3.18. The minimum atomic E-state index is 0.578. The molecule has 4 N–H and O–H groups in total. The number of hydrogen-bond donors (Lipinski definition) is 2. The Bertz CT molecular complexity index is 286. The zero-order valence-corrected chi connectivity index (χ0v) is 13.4. The van der Waals surface area contributed by atoms with E-state index in [2.05, 4.69) is 12.7 Å². The van der Waals surface area contributed by atoms with Gasteiger partial charge in [0.1, 0.15) is 5.75 Å². The molecule has 1 rings (SSSR count). The molecule has 3 nitrogen and oxygen atoms in total. The first-order chi connectivity index (χ1) is 8.70. The zero-order chi connectivity index (χ0) is 15.1. The molecule has 0 fully saturated rings. The number of hydrogen-bond acceptors (Lipinski definition) is 3. The number of rotatable bonds is 2. The van der Waals surface area contributed by atoms with E-state index in [1.54, 1.807) is 7.11 Å². The lowest BCUT2D eigenvalue weighted by molar-refractivity contribution is 0.411. The largest absolute Gasteiger partial charge is 0.496 e. The predicted octanol–water partition coefficient (Wildman–Crippen LogP) is 3.40. The topological polar surface area (TPSA) is 61.3 Å². The lowest BCUT2D eigenvalue weighted by Gasteiger charge is -2.11. The Labute approximate surface area is 114 Å². The van der Waals surface area contributed by atoms with E-state index < -0.39 is 0 Å². The molecule has 18 heavy (non-hydrogen) atoms. The summed E-state index contributed by atoms with van der Waals surface area (Å²) in [5.74, 6) is 0.918. The van der Waals surface area contributed by atoms with E-state index in [0.29, 0.717) is 6.54 Å². The third-order valence-electron chi connectivity index (χ3n) is 2.21. The van der Waals surface area contributed by atoms with Gasteiger partial charge in [-0.15, -0.1) is 0 Å². The summed E-state index contributed by atoms with van der Waals surface area (Å²) >= 11 is 0. The van der Waals surface area contributed by atoms with Crippen molar-refractivity contribution in [3.63, 3.8) is 0 Å². The summed E-state index contributed by atoms with van der Waals surface area (Å²) in [5.41, 5.74) is 13.7. The molecular weight excluding hydrogens is 224 g/mol. The van der Waals surface area contributed by atoms with Crippen LogP contribution in [0.1, 0.15) is 44.4 Å². The van der Waals surface area contributed by atoms with Crippen LogP contribution in [0.15, 0.2) is 12.1 Å². The van der Waals surface area contributed by atoms with Crippen LogP contribution >= 0.6 is 0 Å². The fourth-order valence-corrected chi connectivity index (χ4v) is 1.41. The molecule has 0 saturated carbocycles. The first kappa shape index (κ1) is 22.1. The molecule has 0 aliphatic carbocycles.